The lowest BCUT2D eigenvalue weighted by atomic mass is 10.0. The zero-order valence-electron chi connectivity index (χ0n) is 59.6. The summed E-state index contributed by atoms with van der Waals surface area (Å²) >= 11 is 0. The maximum Gasteiger partial charge on any atom is 0.243 e. The summed E-state index contributed by atoms with van der Waals surface area (Å²) in [6.45, 7) is 8.60. The van der Waals surface area contributed by atoms with Gasteiger partial charge in [-0.05, 0) is 146 Å². The number of carbonyl (C=O) groups is 13. The van der Waals surface area contributed by atoms with Gasteiger partial charge in [0.1, 0.15) is 48.0 Å². The number of amides is 13. The van der Waals surface area contributed by atoms with E-state index in [2.05, 4.69) is 73.8 Å². The van der Waals surface area contributed by atoms with Gasteiger partial charge in [-0.25, -0.2) is 0 Å². The molecule has 102 heavy (non-hydrogen) atoms. The lowest BCUT2D eigenvalue weighted by Gasteiger charge is -2.24. The number of aromatic hydroxyl groups is 1. The predicted octanol–water partition coefficient (Wildman–Crippen LogP) is -1.58. The molecule has 33 nitrogen and oxygen atoms in total. The zero-order chi connectivity index (χ0) is 75.5. The minimum absolute atomic E-state index is 0.0214. The van der Waals surface area contributed by atoms with Crippen LogP contribution < -0.4 is 92.5 Å². The van der Waals surface area contributed by atoms with Gasteiger partial charge >= 0.3 is 0 Å². The molecule has 0 saturated heterocycles. The third-order valence-electron chi connectivity index (χ3n) is 16.3. The number of hydrogen-bond acceptors (Lipinski definition) is 17. The number of para-hydroxylation sites is 1. The number of rotatable bonds is 51. The van der Waals surface area contributed by atoms with Crippen LogP contribution in [0, 0.1) is 5.92 Å². The predicted molar refractivity (Wildman–Crippen MR) is 384 cm³/mol. The van der Waals surface area contributed by atoms with E-state index in [9.17, 15) is 67.4 Å². The second-order valence-electron chi connectivity index (χ2n) is 25.7. The first-order chi connectivity index (χ1) is 48.6. The fraction of sp³-hybridized carbons (Fsp3) is 0.594. The van der Waals surface area contributed by atoms with Crippen molar-refractivity contribution in [1.29, 1.82) is 0 Å². The first kappa shape index (κ1) is 86.3. The second-order valence-corrected chi connectivity index (χ2v) is 25.7. The molecule has 566 valence electrons. The van der Waals surface area contributed by atoms with Crippen LogP contribution in [0.25, 0.3) is 10.9 Å². The Morgan fingerprint density at radius 3 is 1.59 bits per heavy atom. The van der Waals surface area contributed by atoms with Crippen molar-refractivity contribution < 1.29 is 67.4 Å². The molecule has 1 aromatic heterocycles. The molecule has 33 heteroatoms. The minimum Gasteiger partial charge on any atom is -0.508 e. The zero-order valence-corrected chi connectivity index (χ0v) is 59.6. The maximum absolute atomic E-state index is 14.0. The van der Waals surface area contributed by atoms with Crippen molar-refractivity contribution in [2.45, 2.75) is 211 Å². The van der Waals surface area contributed by atoms with E-state index in [0.717, 1.165) is 22.9 Å². The number of hydrogen-bond donors (Lipinski definition) is 19. The fourth-order valence-corrected chi connectivity index (χ4v) is 10.5. The average molecular weight is 1430 g/mol. The van der Waals surface area contributed by atoms with E-state index in [4.69, 9.17) is 28.7 Å². The summed E-state index contributed by atoms with van der Waals surface area (Å²) in [6.07, 6.45) is 8.92. The molecule has 0 unspecified atom stereocenters. The number of unbranched alkanes of at least 4 members (excludes halogenated alkanes) is 5. The van der Waals surface area contributed by atoms with Crippen molar-refractivity contribution in [1.82, 2.24) is 68.8 Å². The van der Waals surface area contributed by atoms with Crippen LogP contribution in [0.15, 0.2) is 59.7 Å². The highest BCUT2D eigenvalue weighted by Crippen LogP contribution is 2.20. The Bertz CT molecular complexity index is 3230. The third-order valence-corrected chi connectivity index (χ3v) is 16.3. The van der Waals surface area contributed by atoms with Crippen molar-refractivity contribution in [2.75, 3.05) is 45.8 Å². The number of phenolic OH excluding ortho intramolecular Hbond substituents is 1. The molecule has 3 rings (SSSR count). The maximum atomic E-state index is 14.0. The van der Waals surface area contributed by atoms with Gasteiger partial charge in [0.2, 0.25) is 76.8 Å². The largest absolute Gasteiger partial charge is 0.508 e. The van der Waals surface area contributed by atoms with E-state index < -0.39 is 126 Å². The molecule has 0 saturated carbocycles. The van der Waals surface area contributed by atoms with Gasteiger partial charge in [-0.1, -0.05) is 63.9 Å². The van der Waals surface area contributed by atoms with Crippen molar-refractivity contribution in [3.05, 3.63) is 65.9 Å². The molecule has 2 aromatic carbocycles. The van der Waals surface area contributed by atoms with Gasteiger partial charge in [-0.15, -0.1) is 0 Å². The SMILES string of the molecule is CCCC[C@H](NC(=O)[C@H](CC(C)C)NC(=O)CNC(=O)[C@H](C)NC(=O)[C@H](C)NC(=O)[C@H](CCCN=C(N)N)NC(=O)CNC(=O)CCCCNC(=O)CCCCNC(=O)CCCCNC(=O)[C@H](CCCCN)NC(=O)[C@H](Cc1ccc(O)cc1)NC(=O)[C@@H](N)Cc1c[nH]c2ccccc12)C(N)=O. The molecular formula is C69H111N19O14. The molecule has 0 spiro atoms. The summed E-state index contributed by atoms with van der Waals surface area (Å²) in [5.74, 6) is -7.69. The Kier molecular flexibility index (Phi) is 40.6. The molecule has 0 fully saturated rings. The summed E-state index contributed by atoms with van der Waals surface area (Å²) in [5.41, 5.74) is 30.8. The molecule has 0 aliphatic heterocycles. The third kappa shape index (κ3) is 35.4. The number of guanidine groups is 1. The molecule has 0 radical (unpaired) electrons. The van der Waals surface area contributed by atoms with Crippen LogP contribution in [0.4, 0.5) is 0 Å². The van der Waals surface area contributed by atoms with Crippen LogP contribution in [-0.2, 0) is 75.2 Å². The number of nitrogens with zero attached hydrogens (tertiary/aromatic N) is 1. The van der Waals surface area contributed by atoms with E-state index in [1.165, 1.54) is 26.0 Å². The van der Waals surface area contributed by atoms with Crippen LogP contribution in [-0.4, -0.2) is 187 Å². The van der Waals surface area contributed by atoms with Gasteiger partial charge in [0.25, 0.3) is 0 Å². The van der Waals surface area contributed by atoms with Crippen LogP contribution >= 0.6 is 0 Å². The number of carbonyl (C=O) groups excluding carboxylic acids is 13. The van der Waals surface area contributed by atoms with Gasteiger partial charge in [-0.3, -0.25) is 67.3 Å². The molecule has 8 atom stereocenters. The number of nitrogens with two attached hydrogens (primary N) is 5. The van der Waals surface area contributed by atoms with Gasteiger partial charge < -0.3 is 103 Å². The topological polar surface area (TPSA) is 545 Å². The van der Waals surface area contributed by atoms with Crippen LogP contribution in [0.5, 0.6) is 5.75 Å². The van der Waals surface area contributed by atoms with Crippen molar-refractivity contribution in [2.24, 2.45) is 39.6 Å². The standard InChI is InChI=1S/C69H111N19O14/c1-6-7-20-51(61(72)95)86-67(101)54(36-42(2)3)85-60(94)41-81-62(96)43(4)82-63(97)44(5)83-66(100)53(23-18-35-78-69(73)74)84-59(93)40-80-58(92)26-12-16-33-76-56(90)24-11-15-32-75-57(91)25-13-17-34-77-65(99)52(22-10-14-31-70)87-68(102)55(37-45-27-29-47(89)30-28-45)88-64(98)49(71)38-46-39-79-50-21-9-8-19-48(46)50/h8-9,19,21,27-30,39,42-44,49,51-55,79,89H,6-7,10-18,20,22-26,31-38,40-41,70-71H2,1-5H3,(H2,72,95)(H,75,91)(H,76,90)(H,77,99)(H,80,92)(H,81,96)(H,82,97)(H,83,100)(H,84,93)(H,85,94)(H,86,101)(H,87,102)(H,88,98)(H4,73,74,78)/t43-,44-,49-,51-,52-,53-,54-,55-/m0/s1. The highest BCUT2D eigenvalue weighted by atomic mass is 16.3. The first-order valence-corrected chi connectivity index (χ1v) is 35.2. The van der Waals surface area contributed by atoms with Crippen molar-refractivity contribution in [3.8, 4) is 5.75 Å². The number of aromatic nitrogens is 1. The number of H-pyrrole nitrogens is 1. The Labute approximate surface area is 596 Å². The Morgan fingerprint density at radius 2 is 0.990 bits per heavy atom. The van der Waals surface area contributed by atoms with E-state index in [-0.39, 0.29) is 100 Å². The molecule has 0 bridgehead atoms. The molecule has 1 heterocycles. The number of aromatic amines is 1. The minimum atomic E-state index is -1.23. The van der Waals surface area contributed by atoms with Gasteiger partial charge in [0.15, 0.2) is 5.96 Å². The Morgan fingerprint density at radius 1 is 0.480 bits per heavy atom. The highest BCUT2D eigenvalue weighted by molar-refractivity contribution is 5.97. The molecule has 0 aliphatic carbocycles. The summed E-state index contributed by atoms with van der Waals surface area (Å²) in [4.78, 5) is 176. The van der Waals surface area contributed by atoms with E-state index in [1.54, 1.807) is 18.3 Å². The second kappa shape index (κ2) is 48.0. The smallest absolute Gasteiger partial charge is 0.243 e. The van der Waals surface area contributed by atoms with Gasteiger partial charge in [-0.2, -0.15) is 0 Å². The summed E-state index contributed by atoms with van der Waals surface area (Å²) < 4.78 is 0. The lowest BCUT2D eigenvalue weighted by molar-refractivity contribution is -0.134. The molecular weight excluding hydrogens is 1320 g/mol. The molecule has 0 aliphatic rings. The monoisotopic (exact) mass is 1430 g/mol. The number of aliphatic imine (C=N–C) groups is 1. The number of fused-ring (bicyclic) bond motifs is 1. The van der Waals surface area contributed by atoms with Crippen molar-refractivity contribution in [3.63, 3.8) is 0 Å². The van der Waals surface area contributed by atoms with Crippen LogP contribution in [0.2, 0.25) is 0 Å². The number of phenols is 1. The highest BCUT2D eigenvalue weighted by Gasteiger charge is 2.31. The van der Waals surface area contributed by atoms with E-state index >= 15 is 0 Å². The average Bonchev–Trinajstić information content (AvgIpc) is 1.66. The molecule has 3 aromatic rings. The van der Waals surface area contributed by atoms with Gasteiger partial charge in [0.05, 0.1) is 19.1 Å². The number of nitrogens with one attached hydrogen (secondary N) is 13. The van der Waals surface area contributed by atoms with Crippen LogP contribution in [0.1, 0.15) is 161 Å². The Balaban J connectivity index is 1.33. The molecule has 24 N–H and O–H groups in total. The van der Waals surface area contributed by atoms with Crippen LogP contribution in [0.3, 0.4) is 0 Å². The lowest BCUT2D eigenvalue weighted by Crippen LogP contribution is -2.56. The summed E-state index contributed by atoms with van der Waals surface area (Å²) in [5, 5.41) is 42.5. The number of primary amides is 1. The van der Waals surface area contributed by atoms with E-state index in [1.807, 2.05) is 45.0 Å². The number of benzene rings is 2. The quantitative estimate of drug-likeness (QED) is 0.0172. The summed E-state index contributed by atoms with van der Waals surface area (Å²) in [7, 11) is 0. The Hall–Kier alpha value is -9.92. The first-order valence-electron chi connectivity index (χ1n) is 35.2. The normalized spacial score (nSPS) is 13.4. The molecule has 13 amide bonds. The fourth-order valence-electron chi connectivity index (χ4n) is 10.5. The summed E-state index contributed by atoms with van der Waals surface area (Å²) in [6, 6.07) is 5.17. The van der Waals surface area contributed by atoms with E-state index in [0.29, 0.717) is 89.4 Å². The van der Waals surface area contributed by atoms with Gasteiger partial charge in [0, 0.05) is 69.0 Å². The van der Waals surface area contributed by atoms with Crippen molar-refractivity contribution >= 4 is 93.7 Å².